The molecular weight excluding hydrogens is 244 g/mol. The summed E-state index contributed by atoms with van der Waals surface area (Å²) in [6.45, 7) is 0.687. The van der Waals surface area contributed by atoms with Crippen LogP contribution in [-0.2, 0) is 4.79 Å². The van der Waals surface area contributed by atoms with Gasteiger partial charge in [0, 0.05) is 12.6 Å². The van der Waals surface area contributed by atoms with Crippen molar-refractivity contribution in [3.63, 3.8) is 0 Å². The molecule has 0 bridgehead atoms. The van der Waals surface area contributed by atoms with Crippen LogP contribution in [0.1, 0.15) is 51.4 Å². The molecule has 2 atom stereocenters. The van der Waals surface area contributed by atoms with Crippen molar-refractivity contribution in [2.75, 3.05) is 6.54 Å². The Balaban J connectivity index is 1.65. The Bertz CT molecular complexity index is 329. The lowest BCUT2D eigenvalue weighted by Gasteiger charge is -2.29. The average Bonchev–Trinajstić information content (AvgIpc) is 3.19. The highest BCUT2D eigenvalue weighted by Gasteiger charge is 2.31. The highest BCUT2D eigenvalue weighted by atomic mass is 16.4. The lowest BCUT2D eigenvalue weighted by Crippen LogP contribution is -2.48. The molecular formula is C14H24N2O3. The Hall–Kier alpha value is -1.26. The van der Waals surface area contributed by atoms with Gasteiger partial charge in [-0.05, 0) is 31.6 Å². The molecule has 0 spiro atoms. The summed E-state index contributed by atoms with van der Waals surface area (Å²) in [5.74, 6) is -0.329. The van der Waals surface area contributed by atoms with E-state index in [1.165, 1.54) is 19.3 Å². The fourth-order valence-electron chi connectivity index (χ4n) is 2.82. The van der Waals surface area contributed by atoms with Crippen LogP contribution in [0.4, 0.5) is 4.79 Å². The number of rotatable bonds is 6. The summed E-state index contributed by atoms with van der Waals surface area (Å²) in [4.78, 5) is 22.8. The van der Waals surface area contributed by atoms with Gasteiger partial charge < -0.3 is 15.7 Å². The van der Waals surface area contributed by atoms with Crippen LogP contribution in [0.5, 0.6) is 0 Å². The van der Waals surface area contributed by atoms with Crippen molar-refractivity contribution in [1.82, 2.24) is 10.6 Å². The molecule has 2 aliphatic carbocycles. The largest absolute Gasteiger partial charge is 0.481 e. The van der Waals surface area contributed by atoms with Gasteiger partial charge in [0.25, 0.3) is 0 Å². The molecule has 0 aromatic carbocycles. The van der Waals surface area contributed by atoms with Crippen molar-refractivity contribution in [2.24, 2.45) is 11.8 Å². The third-order valence-corrected chi connectivity index (χ3v) is 4.17. The summed E-state index contributed by atoms with van der Waals surface area (Å²) >= 11 is 0. The molecule has 3 N–H and O–H groups in total. The Morgan fingerprint density at radius 2 is 1.84 bits per heavy atom. The van der Waals surface area contributed by atoms with E-state index in [2.05, 4.69) is 10.6 Å². The van der Waals surface area contributed by atoms with Gasteiger partial charge in [-0.15, -0.1) is 0 Å². The first-order chi connectivity index (χ1) is 9.16. The van der Waals surface area contributed by atoms with E-state index in [1.54, 1.807) is 0 Å². The van der Waals surface area contributed by atoms with Gasteiger partial charge in [0.2, 0.25) is 0 Å². The molecule has 2 fully saturated rings. The van der Waals surface area contributed by atoms with Crippen LogP contribution >= 0.6 is 0 Å². The normalized spacial score (nSPS) is 26.7. The number of hydrogen-bond donors (Lipinski definition) is 3. The molecule has 2 amide bonds. The van der Waals surface area contributed by atoms with Crippen molar-refractivity contribution in [2.45, 2.75) is 57.4 Å². The second kappa shape index (κ2) is 6.78. The van der Waals surface area contributed by atoms with E-state index >= 15 is 0 Å². The number of hydrogen-bond acceptors (Lipinski definition) is 2. The van der Waals surface area contributed by atoms with Crippen LogP contribution in [0.25, 0.3) is 0 Å². The number of carboxylic acids is 1. The van der Waals surface area contributed by atoms with Gasteiger partial charge in [-0.2, -0.15) is 0 Å². The number of amides is 2. The van der Waals surface area contributed by atoms with E-state index < -0.39 is 11.9 Å². The summed E-state index contributed by atoms with van der Waals surface area (Å²) in [5.41, 5.74) is 0. The highest BCUT2D eigenvalue weighted by Crippen LogP contribution is 2.33. The van der Waals surface area contributed by atoms with E-state index in [-0.39, 0.29) is 12.1 Å². The third kappa shape index (κ3) is 4.73. The first-order valence-electron chi connectivity index (χ1n) is 7.44. The molecule has 5 heteroatoms. The fraction of sp³-hybridized carbons (Fsp3) is 0.857. The van der Waals surface area contributed by atoms with Crippen LogP contribution in [0, 0.1) is 11.8 Å². The predicted molar refractivity (Wildman–Crippen MR) is 71.9 cm³/mol. The molecule has 5 nitrogen and oxygen atoms in total. The Morgan fingerprint density at radius 1 is 1.11 bits per heavy atom. The molecule has 19 heavy (non-hydrogen) atoms. The minimum atomic E-state index is -0.793. The topological polar surface area (TPSA) is 78.4 Å². The molecule has 0 aliphatic heterocycles. The molecule has 0 heterocycles. The van der Waals surface area contributed by atoms with Gasteiger partial charge in [-0.3, -0.25) is 4.79 Å². The zero-order valence-electron chi connectivity index (χ0n) is 11.4. The second-order valence-corrected chi connectivity index (χ2v) is 5.82. The smallest absolute Gasteiger partial charge is 0.315 e. The monoisotopic (exact) mass is 268 g/mol. The van der Waals surface area contributed by atoms with Crippen LogP contribution in [-0.4, -0.2) is 29.7 Å². The van der Waals surface area contributed by atoms with Crippen molar-refractivity contribution >= 4 is 12.0 Å². The van der Waals surface area contributed by atoms with Crippen molar-refractivity contribution < 1.29 is 14.7 Å². The van der Waals surface area contributed by atoms with E-state index in [4.69, 9.17) is 5.11 Å². The van der Waals surface area contributed by atoms with Crippen LogP contribution in [0.2, 0.25) is 0 Å². The number of carboxylic acid groups (broad SMARTS) is 1. The zero-order chi connectivity index (χ0) is 13.7. The minimum Gasteiger partial charge on any atom is -0.481 e. The molecule has 0 aromatic rings. The maximum absolute atomic E-state index is 11.7. The summed E-state index contributed by atoms with van der Waals surface area (Å²) < 4.78 is 0. The van der Waals surface area contributed by atoms with Gasteiger partial charge >= 0.3 is 12.0 Å². The highest BCUT2D eigenvalue weighted by molar-refractivity contribution is 5.76. The molecule has 2 saturated carbocycles. The van der Waals surface area contributed by atoms with E-state index in [0.29, 0.717) is 13.0 Å². The van der Waals surface area contributed by atoms with Crippen molar-refractivity contribution in [1.29, 1.82) is 0 Å². The molecule has 2 unspecified atom stereocenters. The Kier molecular flexibility index (Phi) is 5.05. The zero-order valence-corrected chi connectivity index (χ0v) is 11.4. The van der Waals surface area contributed by atoms with Gasteiger partial charge in [-0.25, -0.2) is 4.79 Å². The van der Waals surface area contributed by atoms with Crippen molar-refractivity contribution in [3.8, 4) is 0 Å². The van der Waals surface area contributed by atoms with Gasteiger partial charge in [0.15, 0.2) is 0 Å². The standard InChI is InChI=1S/C14H24N2O3/c17-13(18)11-5-1-2-6-12(11)16-14(19)15-9-3-4-10-7-8-10/h10-12H,1-9H2,(H,17,18)(H2,15,16,19). The maximum Gasteiger partial charge on any atom is 0.315 e. The number of urea groups is 1. The first kappa shape index (κ1) is 14.2. The van der Waals surface area contributed by atoms with Crippen LogP contribution < -0.4 is 10.6 Å². The summed E-state index contributed by atoms with van der Waals surface area (Å²) in [6, 6.07) is -0.427. The Labute approximate surface area is 114 Å². The molecule has 0 aromatic heterocycles. The summed E-state index contributed by atoms with van der Waals surface area (Å²) in [7, 11) is 0. The number of aliphatic carboxylic acids is 1. The SMILES string of the molecule is O=C(NCCCC1CC1)NC1CCCCC1C(=O)O. The Morgan fingerprint density at radius 3 is 2.53 bits per heavy atom. The number of nitrogens with one attached hydrogen (secondary N) is 2. The van der Waals surface area contributed by atoms with Crippen LogP contribution in [0.3, 0.4) is 0 Å². The van der Waals surface area contributed by atoms with E-state index in [1.807, 2.05) is 0 Å². The van der Waals surface area contributed by atoms with E-state index in [9.17, 15) is 9.59 Å². The molecule has 0 saturated heterocycles. The number of carbonyl (C=O) groups excluding carboxylic acids is 1. The third-order valence-electron chi connectivity index (χ3n) is 4.17. The van der Waals surface area contributed by atoms with Gasteiger partial charge in [0.1, 0.15) is 0 Å². The predicted octanol–water partition coefficient (Wildman–Crippen LogP) is 2.12. The van der Waals surface area contributed by atoms with Crippen molar-refractivity contribution in [3.05, 3.63) is 0 Å². The lowest BCUT2D eigenvalue weighted by atomic mass is 9.84. The lowest BCUT2D eigenvalue weighted by molar-refractivity contribution is -0.143. The van der Waals surface area contributed by atoms with Gasteiger partial charge in [-0.1, -0.05) is 25.7 Å². The summed E-state index contributed by atoms with van der Waals surface area (Å²) in [6.07, 6.45) is 8.28. The molecule has 108 valence electrons. The molecule has 2 aliphatic rings. The minimum absolute atomic E-state index is 0.213. The first-order valence-corrected chi connectivity index (χ1v) is 7.44. The van der Waals surface area contributed by atoms with Crippen LogP contribution in [0.15, 0.2) is 0 Å². The fourth-order valence-corrected chi connectivity index (χ4v) is 2.82. The number of carbonyl (C=O) groups is 2. The maximum atomic E-state index is 11.7. The quantitative estimate of drug-likeness (QED) is 0.646. The van der Waals surface area contributed by atoms with E-state index in [0.717, 1.165) is 31.6 Å². The summed E-state index contributed by atoms with van der Waals surface area (Å²) in [5, 5.41) is 14.8. The average molecular weight is 268 g/mol. The molecule has 0 radical (unpaired) electrons. The second-order valence-electron chi connectivity index (χ2n) is 5.82. The van der Waals surface area contributed by atoms with Gasteiger partial charge in [0.05, 0.1) is 5.92 Å². The molecule has 2 rings (SSSR count).